The molecule has 2 atom stereocenters. The molecule has 0 radical (unpaired) electrons. The van der Waals surface area contributed by atoms with E-state index in [-0.39, 0.29) is 42.5 Å². The minimum Gasteiger partial charge on any atom is -0.342 e. The standard InChI is InChI=1S/C26H31N3O3S/c1-2-27-12-10-25(18-27)11-13-28(19-25)22(30)15-26(20-7-4-3-5-8-20)16-23(31)29(24(26)32)17-21-9-6-14-33-21/h3-9,14H,2,10-13,15-19H2,1H3/t25-,26-/m0/s1. The molecule has 4 heterocycles. The smallest absolute Gasteiger partial charge is 0.241 e. The topological polar surface area (TPSA) is 60.9 Å². The Labute approximate surface area is 199 Å². The molecule has 6 nitrogen and oxygen atoms in total. The van der Waals surface area contributed by atoms with Gasteiger partial charge in [-0.1, -0.05) is 43.3 Å². The predicted molar refractivity (Wildman–Crippen MR) is 128 cm³/mol. The Morgan fingerprint density at radius 1 is 1.03 bits per heavy atom. The molecule has 2 aromatic rings. The van der Waals surface area contributed by atoms with E-state index in [1.165, 1.54) is 16.2 Å². The van der Waals surface area contributed by atoms with Gasteiger partial charge in [0.2, 0.25) is 17.7 Å². The summed E-state index contributed by atoms with van der Waals surface area (Å²) in [5.41, 5.74) is -0.169. The van der Waals surface area contributed by atoms with Crippen LogP contribution < -0.4 is 0 Å². The van der Waals surface area contributed by atoms with Gasteiger partial charge < -0.3 is 9.80 Å². The lowest BCUT2D eigenvalue weighted by molar-refractivity contribution is -0.143. The van der Waals surface area contributed by atoms with Gasteiger partial charge in [-0.05, 0) is 42.9 Å². The molecule has 5 rings (SSSR count). The summed E-state index contributed by atoms with van der Waals surface area (Å²) in [5.74, 6) is -0.450. The molecule has 3 saturated heterocycles. The number of amides is 3. The molecule has 3 aliphatic heterocycles. The molecule has 0 N–H and O–H groups in total. The van der Waals surface area contributed by atoms with Crippen molar-refractivity contribution in [3.05, 3.63) is 58.3 Å². The van der Waals surface area contributed by atoms with E-state index >= 15 is 0 Å². The Morgan fingerprint density at radius 3 is 2.52 bits per heavy atom. The number of hydrogen-bond acceptors (Lipinski definition) is 5. The third-order valence-electron chi connectivity index (χ3n) is 7.84. The molecular weight excluding hydrogens is 434 g/mol. The van der Waals surface area contributed by atoms with E-state index in [2.05, 4.69) is 11.8 Å². The first-order valence-corrected chi connectivity index (χ1v) is 12.8. The van der Waals surface area contributed by atoms with Crippen molar-refractivity contribution in [2.45, 2.75) is 44.6 Å². The van der Waals surface area contributed by atoms with Crippen LogP contribution in [0.2, 0.25) is 0 Å². The monoisotopic (exact) mass is 465 g/mol. The van der Waals surface area contributed by atoms with Gasteiger partial charge in [-0.2, -0.15) is 0 Å². The lowest BCUT2D eigenvalue weighted by Crippen LogP contribution is -2.43. The van der Waals surface area contributed by atoms with Crippen LogP contribution in [0, 0.1) is 5.41 Å². The molecule has 3 amide bonds. The molecule has 3 fully saturated rings. The highest BCUT2D eigenvalue weighted by Gasteiger charge is 2.55. The predicted octanol–water partition coefficient (Wildman–Crippen LogP) is 3.28. The van der Waals surface area contributed by atoms with E-state index in [9.17, 15) is 14.4 Å². The molecule has 0 aliphatic carbocycles. The average Bonchev–Trinajstić information content (AvgIpc) is 3.61. The summed E-state index contributed by atoms with van der Waals surface area (Å²) < 4.78 is 0. The first-order chi connectivity index (χ1) is 15.9. The number of carbonyl (C=O) groups excluding carboxylic acids is 3. The van der Waals surface area contributed by atoms with Crippen molar-refractivity contribution < 1.29 is 14.4 Å². The van der Waals surface area contributed by atoms with Crippen molar-refractivity contribution in [2.24, 2.45) is 5.41 Å². The second-order valence-electron chi connectivity index (χ2n) is 9.85. The van der Waals surface area contributed by atoms with Gasteiger partial charge in [-0.3, -0.25) is 19.3 Å². The van der Waals surface area contributed by atoms with Gasteiger partial charge in [0.25, 0.3) is 0 Å². The van der Waals surface area contributed by atoms with Crippen molar-refractivity contribution in [3.8, 4) is 0 Å². The Bertz CT molecular complexity index is 1040. The van der Waals surface area contributed by atoms with Gasteiger partial charge in [0, 0.05) is 42.8 Å². The van der Waals surface area contributed by atoms with Crippen LogP contribution in [0.15, 0.2) is 47.8 Å². The third kappa shape index (κ3) is 4.02. The number of carbonyl (C=O) groups is 3. The highest BCUT2D eigenvalue weighted by Crippen LogP contribution is 2.43. The van der Waals surface area contributed by atoms with E-state index in [4.69, 9.17) is 0 Å². The van der Waals surface area contributed by atoms with Gasteiger partial charge in [0.05, 0.1) is 12.0 Å². The van der Waals surface area contributed by atoms with Gasteiger partial charge >= 0.3 is 0 Å². The van der Waals surface area contributed by atoms with Crippen molar-refractivity contribution >= 4 is 29.1 Å². The van der Waals surface area contributed by atoms with Crippen LogP contribution in [0.5, 0.6) is 0 Å². The summed E-state index contributed by atoms with van der Waals surface area (Å²) in [6.45, 7) is 7.14. The molecule has 174 valence electrons. The van der Waals surface area contributed by atoms with E-state index in [0.29, 0.717) is 0 Å². The average molecular weight is 466 g/mol. The van der Waals surface area contributed by atoms with Crippen molar-refractivity contribution in [2.75, 3.05) is 32.7 Å². The zero-order valence-corrected chi connectivity index (χ0v) is 20.0. The van der Waals surface area contributed by atoms with Crippen molar-refractivity contribution in [1.29, 1.82) is 0 Å². The fourth-order valence-corrected chi connectivity index (χ4v) is 6.58. The van der Waals surface area contributed by atoms with Gasteiger partial charge in [-0.25, -0.2) is 0 Å². The number of benzene rings is 1. The summed E-state index contributed by atoms with van der Waals surface area (Å²) in [5, 5.41) is 1.94. The first-order valence-electron chi connectivity index (χ1n) is 11.9. The van der Waals surface area contributed by atoms with E-state index < -0.39 is 5.41 Å². The quantitative estimate of drug-likeness (QED) is 0.615. The minimum absolute atomic E-state index is 0.00944. The number of rotatable bonds is 6. The second kappa shape index (κ2) is 8.69. The number of hydrogen-bond donors (Lipinski definition) is 0. The zero-order chi connectivity index (χ0) is 23.1. The van der Waals surface area contributed by atoms with Crippen LogP contribution in [0.3, 0.4) is 0 Å². The molecule has 33 heavy (non-hydrogen) atoms. The van der Waals surface area contributed by atoms with Crippen LogP contribution in [-0.4, -0.2) is 65.1 Å². The minimum atomic E-state index is -1.12. The second-order valence-corrected chi connectivity index (χ2v) is 10.9. The normalized spacial score (nSPS) is 27.9. The summed E-state index contributed by atoms with van der Waals surface area (Å²) in [6.07, 6.45) is 2.25. The Morgan fingerprint density at radius 2 is 1.82 bits per heavy atom. The highest BCUT2D eigenvalue weighted by atomic mass is 32.1. The molecule has 1 aromatic heterocycles. The summed E-state index contributed by atoms with van der Waals surface area (Å²) in [7, 11) is 0. The third-order valence-corrected chi connectivity index (χ3v) is 8.70. The van der Waals surface area contributed by atoms with E-state index in [1.807, 2.05) is 52.7 Å². The molecule has 1 aromatic carbocycles. The van der Waals surface area contributed by atoms with Crippen molar-refractivity contribution in [3.63, 3.8) is 0 Å². The van der Waals surface area contributed by atoms with Crippen LogP contribution in [-0.2, 0) is 26.3 Å². The van der Waals surface area contributed by atoms with E-state index in [0.717, 1.165) is 56.0 Å². The maximum atomic E-state index is 13.8. The summed E-state index contributed by atoms with van der Waals surface area (Å²) in [4.78, 5) is 47.1. The largest absolute Gasteiger partial charge is 0.342 e. The first kappa shape index (κ1) is 22.3. The molecule has 3 aliphatic rings. The maximum absolute atomic E-state index is 13.8. The van der Waals surface area contributed by atoms with Gasteiger partial charge in [0.1, 0.15) is 0 Å². The maximum Gasteiger partial charge on any atom is 0.241 e. The Balaban J connectivity index is 1.38. The molecule has 0 bridgehead atoms. The highest BCUT2D eigenvalue weighted by molar-refractivity contribution is 7.09. The lowest BCUT2D eigenvalue weighted by atomic mass is 9.75. The Hall–Kier alpha value is -2.51. The van der Waals surface area contributed by atoms with Gasteiger partial charge in [0.15, 0.2) is 0 Å². The number of likely N-dealkylation sites (tertiary alicyclic amines) is 3. The van der Waals surface area contributed by atoms with Crippen LogP contribution in [0.25, 0.3) is 0 Å². The molecule has 1 spiro atoms. The summed E-state index contributed by atoms with van der Waals surface area (Å²) >= 11 is 1.53. The van der Waals surface area contributed by atoms with Crippen LogP contribution in [0.1, 0.15) is 43.0 Å². The SMILES string of the molecule is CCN1CC[C@]2(CCN(C(=O)C[C@@]3(c4ccccc4)CC(=O)N(Cc4cccs4)C3=O)C2)C1. The lowest BCUT2D eigenvalue weighted by Gasteiger charge is -2.30. The van der Waals surface area contributed by atoms with Gasteiger partial charge in [-0.15, -0.1) is 11.3 Å². The zero-order valence-electron chi connectivity index (χ0n) is 19.2. The Kier molecular flexibility index (Phi) is 5.87. The van der Waals surface area contributed by atoms with Crippen LogP contribution in [0.4, 0.5) is 0 Å². The number of imide groups is 1. The number of thiophene rings is 1. The number of nitrogens with zero attached hydrogens (tertiary/aromatic N) is 3. The summed E-state index contributed by atoms with van der Waals surface area (Å²) in [6, 6.07) is 13.3. The van der Waals surface area contributed by atoms with Crippen LogP contribution >= 0.6 is 11.3 Å². The molecular formula is C26H31N3O3S. The van der Waals surface area contributed by atoms with E-state index in [1.54, 1.807) is 0 Å². The molecule has 0 saturated carbocycles. The van der Waals surface area contributed by atoms with Crippen molar-refractivity contribution in [1.82, 2.24) is 14.7 Å². The molecule has 0 unspecified atom stereocenters. The fourth-order valence-electron chi connectivity index (χ4n) is 5.89. The molecule has 7 heteroatoms. The fraction of sp³-hybridized carbons (Fsp3) is 0.500.